The van der Waals surface area contributed by atoms with E-state index in [1.165, 1.54) is 6.07 Å². The molecule has 22 heavy (non-hydrogen) atoms. The Kier molecular flexibility index (Phi) is 4.25. The molecule has 2 aromatic carbocycles. The Bertz CT molecular complexity index is 819. The molecule has 0 spiro atoms. The predicted octanol–water partition coefficient (Wildman–Crippen LogP) is 5.57. The third-order valence-electron chi connectivity index (χ3n) is 3.05. The largest absolute Gasteiger partial charge is 0.504 e. The number of benzene rings is 2. The van der Waals surface area contributed by atoms with Gasteiger partial charge < -0.3 is 14.4 Å². The molecule has 6 heteroatoms. The Morgan fingerprint density at radius 3 is 2.36 bits per heavy atom. The number of phenols is 1. The number of aromatic nitrogens is 1. The smallest absolute Gasteiger partial charge is 0.171 e. The second-order valence-electron chi connectivity index (χ2n) is 4.58. The Hall–Kier alpha value is -1.75. The molecule has 0 amide bonds. The topological polar surface area (TPSA) is 34.4 Å². The van der Waals surface area contributed by atoms with E-state index < -0.39 is 0 Å². The summed E-state index contributed by atoms with van der Waals surface area (Å²) in [6.45, 7) is 0. The van der Waals surface area contributed by atoms with Crippen molar-refractivity contribution < 1.29 is 9.84 Å². The van der Waals surface area contributed by atoms with Gasteiger partial charge in [0.1, 0.15) is 5.75 Å². The maximum Gasteiger partial charge on any atom is 0.171 e. The summed E-state index contributed by atoms with van der Waals surface area (Å²) < 4.78 is 7.53. The van der Waals surface area contributed by atoms with Gasteiger partial charge in [-0.2, -0.15) is 0 Å². The highest BCUT2D eigenvalue weighted by atomic mass is 35.5. The van der Waals surface area contributed by atoms with Crippen molar-refractivity contribution in [2.24, 2.45) is 0 Å². The maximum absolute atomic E-state index is 10.0. The Labute approximate surface area is 143 Å². The quantitative estimate of drug-likeness (QED) is 0.604. The van der Waals surface area contributed by atoms with Gasteiger partial charge in [0.2, 0.25) is 0 Å². The molecule has 0 aliphatic heterocycles. The molecule has 1 aromatic heterocycles. The summed E-state index contributed by atoms with van der Waals surface area (Å²) >= 11 is 16.5. The second-order valence-corrected chi connectivity index (χ2v) is 5.91. The lowest BCUT2D eigenvalue weighted by Gasteiger charge is -2.13. The first-order valence-corrected chi connectivity index (χ1v) is 7.57. The molecule has 0 atom stereocenters. The molecule has 1 heterocycles. The lowest BCUT2D eigenvalue weighted by molar-refractivity contribution is 0.411. The van der Waals surface area contributed by atoms with Gasteiger partial charge in [-0.25, -0.2) is 0 Å². The number of phenolic OH excluding ortho intramolecular Hbond substituents is 1. The number of nitrogens with zero attached hydrogens (tertiary/aromatic N) is 1. The van der Waals surface area contributed by atoms with Gasteiger partial charge >= 0.3 is 0 Å². The number of hydrogen-bond donors (Lipinski definition) is 2. The summed E-state index contributed by atoms with van der Waals surface area (Å²) in [5.74, 6) is 0.629. The van der Waals surface area contributed by atoms with Crippen molar-refractivity contribution in [3.8, 4) is 22.9 Å². The Balaban J connectivity index is 2.02. The van der Waals surface area contributed by atoms with Crippen LogP contribution in [-0.2, 0) is 0 Å². The highest BCUT2D eigenvalue weighted by Gasteiger charge is 2.12. The number of thiol groups is 1. The molecular formula is C16H11Cl2NO2S. The molecule has 112 valence electrons. The van der Waals surface area contributed by atoms with Crippen LogP contribution in [0.5, 0.6) is 17.2 Å². The minimum absolute atomic E-state index is 0.0630. The van der Waals surface area contributed by atoms with Crippen molar-refractivity contribution in [3.63, 3.8) is 0 Å². The molecule has 3 nitrogen and oxygen atoms in total. The summed E-state index contributed by atoms with van der Waals surface area (Å²) in [5.41, 5.74) is 0.696. The molecule has 0 fully saturated rings. The monoisotopic (exact) mass is 351 g/mol. The van der Waals surface area contributed by atoms with E-state index in [0.717, 1.165) is 4.90 Å². The number of aromatic hydroxyl groups is 1. The average Bonchev–Trinajstić information content (AvgIpc) is 2.98. The van der Waals surface area contributed by atoms with Crippen molar-refractivity contribution in [2.75, 3.05) is 0 Å². The molecule has 0 bridgehead atoms. The van der Waals surface area contributed by atoms with Crippen LogP contribution in [0, 0.1) is 0 Å². The summed E-state index contributed by atoms with van der Waals surface area (Å²) in [6, 6.07) is 12.0. The van der Waals surface area contributed by atoms with Crippen LogP contribution >= 0.6 is 35.8 Å². The highest BCUT2D eigenvalue weighted by Crippen LogP contribution is 2.39. The molecule has 0 saturated heterocycles. The molecule has 0 aliphatic rings. The number of ether oxygens (including phenoxy) is 1. The van der Waals surface area contributed by atoms with Crippen molar-refractivity contribution in [2.45, 2.75) is 4.90 Å². The van der Waals surface area contributed by atoms with Crippen LogP contribution in [0.2, 0.25) is 10.0 Å². The third kappa shape index (κ3) is 3.04. The molecule has 3 rings (SSSR count). The molecule has 0 saturated carbocycles. The summed E-state index contributed by atoms with van der Waals surface area (Å²) in [7, 11) is 0. The molecule has 1 N–H and O–H groups in total. The van der Waals surface area contributed by atoms with Gasteiger partial charge in [-0.05, 0) is 30.3 Å². The summed E-state index contributed by atoms with van der Waals surface area (Å²) in [6.07, 6.45) is 3.70. The zero-order valence-electron chi connectivity index (χ0n) is 11.2. The fraction of sp³-hybridized carbons (Fsp3) is 0. The molecule has 3 aromatic rings. The summed E-state index contributed by atoms with van der Waals surface area (Å²) in [4.78, 5) is 0.728. The van der Waals surface area contributed by atoms with Crippen LogP contribution in [0.1, 0.15) is 0 Å². The van der Waals surface area contributed by atoms with Crippen LogP contribution in [-0.4, -0.2) is 9.67 Å². The van der Waals surface area contributed by atoms with Crippen molar-refractivity contribution in [1.82, 2.24) is 4.57 Å². The first-order chi connectivity index (χ1) is 10.5. The lowest BCUT2D eigenvalue weighted by atomic mass is 10.2. The van der Waals surface area contributed by atoms with Crippen molar-refractivity contribution >= 4 is 35.8 Å². The van der Waals surface area contributed by atoms with E-state index in [4.69, 9.17) is 27.9 Å². The lowest BCUT2D eigenvalue weighted by Crippen LogP contribution is -1.93. The maximum atomic E-state index is 10.0. The van der Waals surface area contributed by atoms with Gasteiger partial charge in [0, 0.05) is 29.4 Å². The van der Waals surface area contributed by atoms with E-state index in [-0.39, 0.29) is 11.5 Å². The average molecular weight is 352 g/mol. The van der Waals surface area contributed by atoms with E-state index in [1.807, 2.05) is 29.1 Å². The van der Waals surface area contributed by atoms with Crippen LogP contribution in [0.4, 0.5) is 0 Å². The van der Waals surface area contributed by atoms with Crippen molar-refractivity contribution in [1.29, 1.82) is 0 Å². The van der Waals surface area contributed by atoms with Gasteiger partial charge in [0.25, 0.3) is 0 Å². The van der Waals surface area contributed by atoms with E-state index in [2.05, 4.69) is 12.6 Å². The fourth-order valence-corrected chi connectivity index (χ4v) is 2.75. The first-order valence-electron chi connectivity index (χ1n) is 6.37. The van der Waals surface area contributed by atoms with E-state index in [9.17, 15) is 5.11 Å². The van der Waals surface area contributed by atoms with Crippen LogP contribution < -0.4 is 4.74 Å². The van der Waals surface area contributed by atoms with Gasteiger partial charge in [-0.15, -0.1) is 12.6 Å². The Morgan fingerprint density at radius 2 is 1.68 bits per heavy atom. The van der Waals surface area contributed by atoms with Crippen LogP contribution in [0.3, 0.4) is 0 Å². The summed E-state index contributed by atoms with van der Waals surface area (Å²) in [5, 5.41) is 10.9. The van der Waals surface area contributed by atoms with Crippen LogP contribution in [0.15, 0.2) is 59.8 Å². The first kappa shape index (κ1) is 15.2. The standard InChI is InChI=1S/C16H11Cl2NO2S/c17-11-8-14(20)16(9-13(11)19-5-1-2-6-19)21-15-4-3-10(22)7-12(15)18/h1-9,20,22H. The molecule has 0 aliphatic carbocycles. The van der Waals surface area contributed by atoms with Gasteiger partial charge in [0.15, 0.2) is 11.5 Å². The van der Waals surface area contributed by atoms with Gasteiger partial charge in [0.05, 0.1) is 15.7 Å². The van der Waals surface area contributed by atoms with E-state index in [0.29, 0.717) is 21.5 Å². The van der Waals surface area contributed by atoms with Crippen molar-refractivity contribution in [3.05, 3.63) is 64.9 Å². The predicted molar refractivity (Wildman–Crippen MR) is 91.2 cm³/mol. The zero-order chi connectivity index (χ0) is 15.7. The Morgan fingerprint density at radius 1 is 0.955 bits per heavy atom. The minimum atomic E-state index is -0.0630. The fourth-order valence-electron chi connectivity index (χ4n) is 2.00. The van der Waals surface area contributed by atoms with Gasteiger partial charge in [-0.1, -0.05) is 23.2 Å². The van der Waals surface area contributed by atoms with E-state index >= 15 is 0 Å². The van der Waals surface area contributed by atoms with E-state index in [1.54, 1.807) is 24.3 Å². The minimum Gasteiger partial charge on any atom is -0.504 e. The zero-order valence-corrected chi connectivity index (χ0v) is 13.6. The molecule has 0 unspecified atom stereocenters. The third-order valence-corrected chi connectivity index (χ3v) is 3.92. The second kappa shape index (κ2) is 6.16. The van der Waals surface area contributed by atoms with Crippen LogP contribution in [0.25, 0.3) is 5.69 Å². The molecular weight excluding hydrogens is 341 g/mol. The normalized spacial score (nSPS) is 10.7. The van der Waals surface area contributed by atoms with Gasteiger partial charge in [-0.3, -0.25) is 0 Å². The SMILES string of the molecule is Oc1cc(Cl)c(-n2cccc2)cc1Oc1ccc(S)cc1Cl. The number of rotatable bonds is 3. The number of hydrogen-bond acceptors (Lipinski definition) is 3. The highest BCUT2D eigenvalue weighted by molar-refractivity contribution is 7.80. The molecule has 0 radical (unpaired) electrons. The number of halogens is 2.